The van der Waals surface area contributed by atoms with E-state index in [9.17, 15) is 9.59 Å². The number of carbonyl (C=O) groups is 2. The van der Waals surface area contributed by atoms with Gasteiger partial charge in [-0.1, -0.05) is 29.3 Å². The predicted octanol–water partition coefficient (Wildman–Crippen LogP) is 4.27. The van der Waals surface area contributed by atoms with Gasteiger partial charge in [0.05, 0.1) is 19.7 Å². The number of esters is 1. The van der Waals surface area contributed by atoms with Crippen LogP contribution in [-0.2, 0) is 11.3 Å². The first-order valence-electron chi connectivity index (χ1n) is 8.22. The molecule has 3 aromatic rings. The summed E-state index contributed by atoms with van der Waals surface area (Å²) >= 11 is 12.1. The lowest BCUT2D eigenvalue weighted by Crippen LogP contribution is -2.23. The van der Waals surface area contributed by atoms with Crippen molar-refractivity contribution in [2.24, 2.45) is 0 Å². The smallest absolute Gasteiger partial charge is 0.343 e. The number of methoxy groups -OCH3 is 2. The Morgan fingerprint density at radius 3 is 2.54 bits per heavy atom. The van der Waals surface area contributed by atoms with Crippen molar-refractivity contribution in [3.63, 3.8) is 0 Å². The zero-order valence-electron chi connectivity index (χ0n) is 15.1. The first-order valence-corrected chi connectivity index (χ1v) is 8.97. The first kappa shape index (κ1) is 19.9. The molecule has 0 fully saturated rings. The molecule has 1 aromatic heterocycles. The van der Waals surface area contributed by atoms with Crippen molar-refractivity contribution < 1.29 is 19.1 Å². The molecule has 0 radical (unpaired) electrons. The van der Waals surface area contributed by atoms with Gasteiger partial charge in [0.2, 0.25) is 5.88 Å². The zero-order valence-corrected chi connectivity index (χ0v) is 16.6. The number of hydrogen-bond donors (Lipinski definition) is 1. The van der Waals surface area contributed by atoms with Gasteiger partial charge in [0, 0.05) is 27.5 Å². The second-order valence-corrected chi connectivity index (χ2v) is 6.74. The second kappa shape index (κ2) is 8.46. The molecule has 0 saturated carbocycles. The number of nitrogens with one attached hydrogen (secondary N) is 1. The third kappa shape index (κ3) is 4.18. The molecule has 0 aliphatic carbocycles. The molecule has 0 aliphatic rings. The Balaban J connectivity index is 1.96. The molecule has 144 valence electrons. The lowest BCUT2D eigenvalue weighted by atomic mass is 10.1. The van der Waals surface area contributed by atoms with Gasteiger partial charge in [0.1, 0.15) is 5.56 Å². The zero-order chi connectivity index (χ0) is 20.3. The first-order chi connectivity index (χ1) is 13.4. The summed E-state index contributed by atoms with van der Waals surface area (Å²) in [5, 5.41) is 4.37. The summed E-state index contributed by atoms with van der Waals surface area (Å²) in [5.41, 5.74) is 1.86. The summed E-state index contributed by atoms with van der Waals surface area (Å²) in [6, 6.07) is 11.6. The summed E-state index contributed by atoms with van der Waals surface area (Å²) in [6.45, 7) is 0.177. The number of rotatable bonds is 5. The minimum atomic E-state index is -0.568. The number of pyridine rings is 1. The summed E-state index contributed by atoms with van der Waals surface area (Å²) in [5.74, 6) is -0.722. The third-order valence-electron chi connectivity index (χ3n) is 4.05. The molecule has 0 spiro atoms. The van der Waals surface area contributed by atoms with Crippen LogP contribution in [0.15, 0.2) is 42.5 Å². The maximum Gasteiger partial charge on any atom is 0.343 e. The van der Waals surface area contributed by atoms with Crippen molar-refractivity contribution in [2.45, 2.75) is 6.54 Å². The van der Waals surface area contributed by atoms with Crippen LogP contribution in [0.2, 0.25) is 10.0 Å². The van der Waals surface area contributed by atoms with Crippen LogP contribution in [0.3, 0.4) is 0 Å². The van der Waals surface area contributed by atoms with Gasteiger partial charge in [-0.25, -0.2) is 9.78 Å². The van der Waals surface area contributed by atoms with Crippen molar-refractivity contribution in [1.29, 1.82) is 0 Å². The van der Waals surface area contributed by atoms with Gasteiger partial charge in [-0.2, -0.15) is 0 Å². The van der Waals surface area contributed by atoms with Crippen molar-refractivity contribution in [3.8, 4) is 5.88 Å². The van der Waals surface area contributed by atoms with Crippen molar-refractivity contribution in [3.05, 3.63) is 69.2 Å². The summed E-state index contributed by atoms with van der Waals surface area (Å²) in [7, 11) is 2.69. The average molecular weight is 419 g/mol. The van der Waals surface area contributed by atoms with E-state index in [1.807, 2.05) is 0 Å². The number of aromatic nitrogens is 1. The lowest BCUT2D eigenvalue weighted by Gasteiger charge is -2.12. The van der Waals surface area contributed by atoms with Gasteiger partial charge < -0.3 is 14.8 Å². The molecule has 1 N–H and O–H groups in total. The van der Waals surface area contributed by atoms with E-state index in [-0.39, 0.29) is 23.9 Å². The standard InChI is InChI=1S/C20H16Cl2N2O4/c1-27-19-16(20(26)28-2)9-12-7-15(22)8-13(17(12)24-19)10-23-18(25)11-4-3-5-14(21)6-11/h3-9H,10H2,1-2H3,(H,23,25). The number of amides is 1. The van der Waals surface area contributed by atoms with Gasteiger partial charge in [-0.3, -0.25) is 4.79 Å². The molecule has 0 atom stereocenters. The number of nitrogens with zero attached hydrogens (tertiary/aromatic N) is 1. The van der Waals surface area contributed by atoms with Gasteiger partial charge in [0.25, 0.3) is 5.91 Å². The molecule has 0 bridgehead atoms. The number of benzene rings is 2. The largest absolute Gasteiger partial charge is 0.480 e. The number of carbonyl (C=O) groups excluding carboxylic acids is 2. The van der Waals surface area contributed by atoms with Crippen LogP contribution in [0.1, 0.15) is 26.3 Å². The fourth-order valence-electron chi connectivity index (χ4n) is 2.76. The molecular formula is C20H16Cl2N2O4. The molecular weight excluding hydrogens is 403 g/mol. The van der Waals surface area contributed by atoms with E-state index in [1.165, 1.54) is 14.2 Å². The molecule has 0 unspecified atom stereocenters. The Labute approximate surface area is 171 Å². The lowest BCUT2D eigenvalue weighted by molar-refractivity contribution is 0.0596. The average Bonchev–Trinajstić information content (AvgIpc) is 2.70. The molecule has 2 aromatic carbocycles. The van der Waals surface area contributed by atoms with Crippen LogP contribution >= 0.6 is 23.2 Å². The number of halogens is 2. The van der Waals surface area contributed by atoms with Crippen LogP contribution in [-0.4, -0.2) is 31.1 Å². The van der Waals surface area contributed by atoms with Crippen molar-refractivity contribution >= 4 is 46.0 Å². The molecule has 8 heteroatoms. The van der Waals surface area contributed by atoms with Crippen LogP contribution in [0, 0.1) is 0 Å². The fourth-order valence-corrected chi connectivity index (χ4v) is 3.20. The van der Waals surface area contributed by atoms with Gasteiger partial charge >= 0.3 is 5.97 Å². The van der Waals surface area contributed by atoms with E-state index >= 15 is 0 Å². The van der Waals surface area contributed by atoms with Crippen molar-refractivity contribution in [1.82, 2.24) is 10.3 Å². The van der Waals surface area contributed by atoms with Crippen LogP contribution in [0.5, 0.6) is 5.88 Å². The Bertz CT molecular complexity index is 1070. The molecule has 0 aliphatic heterocycles. The van der Waals surface area contributed by atoms with Gasteiger partial charge in [-0.15, -0.1) is 0 Å². The van der Waals surface area contributed by atoms with E-state index in [2.05, 4.69) is 10.3 Å². The predicted molar refractivity (Wildman–Crippen MR) is 107 cm³/mol. The normalized spacial score (nSPS) is 10.6. The van der Waals surface area contributed by atoms with Gasteiger partial charge in [-0.05, 0) is 42.0 Å². The summed E-state index contributed by atoms with van der Waals surface area (Å²) < 4.78 is 9.99. The number of hydrogen-bond acceptors (Lipinski definition) is 5. The molecule has 0 saturated heterocycles. The van der Waals surface area contributed by atoms with Crippen LogP contribution < -0.4 is 10.1 Å². The monoisotopic (exact) mass is 418 g/mol. The van der Waals surface area contributed by atoms with E-state index < -0.39 is 5.97 Å². The van der Waals surface area contributed by atoms with E-state index in [0.717, 1.165) is 0 Å². The molecule has 28 heavy (non-hydrogen) atoms. The Hall–Kier alpha value is -2.83. The number of ether oxygens (including phenoxy) is 2. The highest BCUT2D eigenvalue weighted by Crippen LogP contribution is 2.28. The highest BCUT2D eigenvalue weighted by Gasteiger charge is 2.18. The molecule has 1 amide bonds. The maximum absolute atomic E-state index is 12.4. The second-order valence-electron chi connectivity index (χ2n) is 5.87. The Kier molecular flexibility index (Phi) is 6.02. The summed E-state index contributed by atoms with van der Waals surface area (Å²) in [4.78, 5) is 28.8. The minimum Gasteiger partial charge on any atom is -0.480 e. The molecule has 3 rings (SSSR count). The molecule has 1 heterocycles. The SMILES string of the molecule is COC(=O)c1cc2cc(Cl)cc(CNC(=O)c3cccc(Cl)c3)c2nc1OC. The van der Waals surface area contributed by atoms with E-state index in [0.29, 0.717) is 32.1 Å². The maximum atomic E-state index is 12.4. The Morgan fingerprint density at radius 2 is 1.86 bits per heavy atom. The highest BCUT2D eigenvalue weighted by molar-refractivity contribution is 6.31. The minimum absolute atomic E-state index is 0.129. The highest BCUT2D eigenvalue weighted by atomic mass is 35.5. The van der Waals surface area contributed by atoms with Crippen LogP contribution in [0.4, 0.5) is 0 Å². The third-order valence-corrected chi connectivity index (χ3v) is 4.50. The fraction of sp³-hybridized carbons (Fsp3) is 0.150. The van der Waals surface area contributed by atoms with Gasteiger partial charge in [0.15, 0.2) is 0 Å². The summed E-state index contributed by atoms with van der Waals surface area (Å²) in [6.07, 6.45) is 0. The van der Waals surface area contributed by atoms with Crippen LogP contribution in [0.25, 0.3) is 10.9 Å². The quantitative estimate of drug-likeness (QED) is 0.626. The van der Waals surface area contributed by atoms with Crippen molar-refractivity contribution in [2.75, 3.05) is 14.2 Å². The topological polar surface area (TPSA) is 77.5 Å². The van der Waals surface area contributed by atoms with E-state index in [1.54, 1.807) is 42.5 Å². The number of fused-ring (bicyclic) bond motifs is 1. The van der Waals surface area contributed by atoms with E-state index in [4.69, 9.17) is 32.7 Å². The molecule has 6 nitrogen and oxygen atoms in total. The Morgan fingerprint density at radius 1 is 1.07 bits per heavy atom.